The van der Waals surface area contributed by atoms with E-state index in [1.165, 1.54) is 11.3 Å². The van der Waals surface area contributed by atoms with Crippen LogP contribution in [0.25, 0.3) is 0 Å². The fourth-order valence-corrected chi connectivity index (χ4v) is 3.14. The zero-order valence-electron chi connectivity index (χ0n) is 15.1. The second-order valence-corrected chi connectivity index (χ2v) is 6.71. The Morgan fingerprint density at radius 2 is 2.04 bits per heavy atom. The number of hydrogen-bond acceptors (Lipinski definition) is 4. The van der Waals surface area contributed by atoms with Crippen LogP contribution in [0.2, 0.25) is 0 Å². The lowest BCUT2D eigenvalue weighted by molar-refractivity contribution is -0.122. The summed E-state index contributed by atoms with van der Waals surface area (Å²) >= 11 is 0. The molecule has 134 valence electrons. The van der Waals surface area contributed by atoms with Crippen LogP contribution in [0.3, 0.4) is 0 Å². The summed E-state index contributed by atoms with van der Waals surface area (Å²) in [5.41, 5.74) is 8.44. The molecule has 24 heavy (non-hydrogen) atoms. The molecule has 1 aliphatic heterocycles. The molecular formula is C19H32N4O. The molecular weight excluding hydrogens is 300 g/mol. The summed E-state index contributed by atoms with van der Waals surface area (Å²) in [5, 5.41) is 2.95. The molecule has 0 radical (unpaired) electrons. The van der Waals surface area contributed by atoms with Crippen LogP contribution in [0, 0.1) is 6.92 Å². The van der Waals surface area contributed by atoms with Gasteiger partial charge in [-0.1, -0.05) is 25.5 Å². The van der Waals surface area contributed by atoms with E-state index in [4.69, 9.17) is 5.73 Å². The van der Waals surface area contributed by atoms with Gasteiger partial charge in [-0.05, 0) is 44.0 Å². The molecule has 1 saturated heterocycles. The topological polar surface area (TPSA) is 61.6 Å². The summed E-state index contributed by atoms with van der Waals surface area (Å²) in [5.74, 6) is -0.0129. The van der Waals surface area contributed by atoms with Crippen molar-refractivity contribution in [3.05, 3.63) is 29.8 Å². The number of carbonyl (C=O) groups excluding carboxylic acids is 1. The van der Waals surface area contributed by atoms with Gasteiger partial charge in [-0.25, -0.2) is 0 Å². The van der Waals surface area contributed by atoms with Crippen molar-refractivity contribution in [1.29, 1.82) is 0 Å². The zero-order chi connectivity index (χ0) is 17.4. The number of piperazine rings is 1. The van der Waals surface area contributed by atoms with Crippen molar-refractivity contribution in [3.63, 3.8) is 0 Å². The molecule has 1 heterocycles. The number of benzene rings is 1. The van der Waals surface area contributed by atoms with Gasteiger partial charge in [-0.3, -0.25) is 9.69 Å². The van der Waals surface area contributed by atoms with Crippen LogP contribution in [0.1, 0.15) is 31.7 Å². The average molecular weight is 332 g/mol. The van der Waals surface area contributed by atoms with Gasteiger partial charge in [0.2, 0.25) is 5.91 Å². The van der Waals surface area contributed by atoms with E-state index in [1.807, 2.05) is 6.92 Å². The summed E-state index contributed by atoms with van der Waals surface area (Å²) in [6.45, 7) is 10.2. The molecule has 0 spiro atoms. The molecule has 1 amide bonds. The highest BCUT2D eigenvalue weighted by atomic mass is 16.2. The van der Waals surface area contributed by atoms with Gasteiger partial charge >= 0.3 is 0 Å². The molecule has 1 atom stereocenters. The fourth-order valence-electron chi connectivity index (χ4n) is 3.14. The predicted octanol–water partition coefficient (Wildman–Crippen LogP) is 1.75. The molecule has 5 nitrogen and oxygen atoms in total. The van der Waals surface area contributed by atoms with Gasteiger partial charge in [-0.2, -0.15) is 0 Å². The van der Waals surface area contributed by atoms with Crippen LogP contribution in [0.15, 0.2) is 24.3 Å². The zero-order valence-corrected chi connectivity index (χ0v) is 15.1. The number of nitrogens with two attached hydrogens (primary N) is 1. The minimum absolute atomic E-state index is 0.0129. The molecule has 0 bridgehead atoms. The second kappa shape index (κ2) is 9.64. The van der Waals surface area contributed by atoms with Crippen molar-refractivity contribution in [3.8, 4) is 0 Å². The Balaban J connectivity index is 1.62. The Kier molecular flexibility index (Phi) is 7.53. The number of rotatable bonds is 8. The molecule has 1 fully saturated rings. The van der Waals surface area contributed by atoms with Crippen LogP contribution >= 0.6 is 0 Å². The van der Waals surface area contributed by atoms with Crippen molar-refractivity contribution in [2.45, 2.75) is 39.2 Å². The van der Waals surface area contributed by atoms with E-state index in [2.05, 4.69) is 46.3 Å². The summed E-state index contributed by atoms with van der Waals surface area (Å²) < 4.78 is 0. The number of amides is 1. The van der Waals surface area contributed by atoms with Crippen LogP contribution in [0.4, 0.5) is 5.69 Å². The first-order valence-corrected chi connectivity index (χ1v) is 9.17. The molecule has 1 unspecified atom stereocenters. The third-order valence-corrected chi connectivity index (χ3v) is 4.63. The molecule has 1 aromatic carbocycles. The van der Waals surface area contributed by atoms with E-state index >= 15 is 0 Å². The normalized spacial score (nSPS) is 16.9. The largest absolute Gasteiger partial charge is 0.369 e. The van der Waals surface area contributed by atoms with Gasteiger partial charge in [0, 0.05) is 38.4 Å². The molecule has 0 aliphatic carbocycles. The standard InChI is InChI=1S/C19H32N4O/c1-3-6-18(20)19(24)21-9-5-10-22-11-13-23(14-12-22)17-8-4-7-16(2)15-17/h4,7-8,15,18H,3,5-6,9-14,20H2,1-2H3,(H,21,24). The minimum atomic E-state index is -0.354. The SMILES string of the molecule is CCCC(N)C(=O)NCCCN1CCN(c2cccc(C)c2)CC1. The molecule has 3 N–H and O–H groups in total. The molecule has 5 heteroatoms. The first-order valence-electron chi connectivity index (χ1n) is 9.17. The maximum absolute atomic E-state index is 11.8. The van der Waals surface area contributed by atoms with Gasteiger partial charge in [0.15, 0.2) is 0 Å². The molecule has 1 aromatic rings. The maximum Gasteiger partial charge on any atom is 0.236 e. The van der Waals surface area contributed by atoms with Gasteiger partial charge in [0.1, 0.15) is 0 Å². The highest BCUT2D eigenvalue weighted by molar-refractivity contribution is 5.81. The highest BCUT2D eigenvalue weighted by Gasteiger charge is 2.17. The van der Waals surface area contributed by atoms with E-state index in [1.54, 1.807) is 0 Å². The van der Waals surface area contributed by atoms with E-state index in [9.17, 15) is 4.79 Å². The van der Waals surface area contributed by atoms with E-state index < -0.39 is 0 Å². The Labute approximate surface area is 146 Å². The fraction of sp³-hybridized carbons (Fsp3) is 0.632. The maximum atomic E-state index is 11.8. The van der Waals surface area contributed by atoms with Gasteiger partial charge in [0.05, 0.1) is 6.04 Å². The summed E-state index contributed by atoms with van der Waals surface area (Å²) in [6.07, 6.45) is 2.68. The monoisotopic (exact) mass is 332 g/mol. The Bertz CT molecular complexity index is 512. The lowest BCUT2D eigenvalue weighted by Crippen LogP contribution is -2.47. The highest BCUT2D eigenvalue weighted by Crippen LogP contribution is 2.17. The molecule has 0 saturated carbocycles. The van der Waals surface area contributed by atoms with Crippen molar-refractivity contribution in [2.24, 2.45) is 5.73 Å². The number of nitrogens with one attached hydrogen (secondary N) is 1. The smallest absolute Gasteiger partial charge is 0.236 e. The number of aryl methyl sites for hydroxylation is 1. The van der Waals surface area contributed by atoms with Gasteiger partial charge < -0.3 is 16.0 Å². The van der Waals surface area contributed by atoms with Crippen molar-refractivity contribution in [2.75, 3.05) is 44.2 Å². The molecule has 2 rings (SSSR count). The van der Waals surface area contributed by atoms with Crippen LogP contribution in [0.5, 0.6) is 0 Å². The third-order valence-electron chi connectivity index (χ3n) is 4.63. The first kappa shape index (κ1) is 18.7. The summed E-state index contributed by atoms with van der Waals surface area (Å²) in [6, 6.07) is 8.36. The van der Waals surface area contributed by atoms with Crippen molar-refractivity contribution in [1.82, 2.24) is 10.2 Å². The number of carbonyl (C=O) groups is 1. The lowest BCUT2D eigenvalue weighted by atomic mass is 10.1. The van der Waals surface area contributed by atoms with Gasteiger partial charge in [-0.15, -0.1) is 0 Å². The Morgan fingerprint density at radius 1 is 1.29 bits per heavy atom. The molecule has 1 aliphatic rings. The van der Waals surface area contributed by atoms with Crippen LogP contribution < -0.4 is 16.0 Å². The van der Waals surface area contributed by atoms with Crippen LogP contribution in [-0.2, 0) is 4.79 Å². The number of nitrogens with zero attached hydrogens (tertiary/aromatic N) is 2. The average Bonchev–Trinajstić information content (AvgIpc) is 2.59. The predicted molar refractivity (Wildman–Crippen MR) is 100 cm³/mol. The van der Waals surface area contributed by atoms with Crippen molar-refractivity contribution < 1.29 is 4.79 Å². The first-order chi connectivity index (χ1) is 11.6. The Hall–Kier alpha value is -1.59. The number of anilines is 1. The Morgan fingerprint density at radius 3 is 2.71 bits per heavy atom. The van der Waals surface area contributed by atoms with Gasteiger partial charge in [0.25, 0.3) is 0 Å². The van der Waals surface area contributed by atoms with E-state index in [-0.39, 0.29) is 11.9 Å². The van der Waals surface area contributed by atoms with E-state index in [0.717, 1.165) is 52.0 Å². The summed E-state index contributed by atoms with van der Waals surface area (Å²) in [4.78, 5) is 16.7. The second-order valence-electron chi connectivity index (χ2n) is 6.71. The quantitative estimate of drug-likeness (QED) is 0.712. The third kappa shape index (κ3) is 5.80. The number of hydrogen-bond donors (Lipinski definition) is 2. The van der Waals surface area contributed by atoms with E-state index in [0.29, 0.717) is 6.54 Å². The van der Waals surface area contributed by atoms with Crippen LogP contribution in [-0.4, -0.2) is 56.1 Å². The van der Waals surface area contributed by atoms with Crippen molar-refractivity contribution >= 4 is 11.6 Å². The lowest BCUT2D eigenvalue weighted by Gasteiger charge is -2.36. The molecule has 0 aromatic heterocycles. The summed E-state index contributed by atoms with van der Waals surface area (Å²) in [7, 11) is 0. The minimum Gasteiger partial charge on any atom is -0.369 e.